The highest BCUT2D eigenvalue weighted by Crippen LogP contribution is 2.33. The SMILES string of the molecule is O=[N+]([O-])c1cc(S(=O)(=O)N2CCCCCC2)ccc1N1CCN([C@H]2CCS(=O)(=O)C2)CC1. The van der Waals surface area contributed by atoms with Crippen LogP contribution in [0, 0.1) is 10.1 Å². The van der Waals surface area contributed by atoms with Gasteiger partial charge in [-0.3, -0.25) is 15.0 Å². The van der Waals surface area contributed by atoms with Crippen molar-refractivity contribution >= 4 is 31.2 Å². The van der Waals surface area contributed by atoms with Gasteiger partial charge in [0.2, 0.25) is 10.0 Å². The molecule has 1 atom stereocenters. The van der Waals surface area contributed by atoms with E-state index in [0.29, 0.717) is 51.4 Å². The molecule has 3 saturated heterocycles. The first kappa shape index (κ1) is 23.4. The molecule has 0 aliphatic carbocycles. The lowest BCUT2D eigenvalue weighted by atomic mass is 10.1. The molecule has 0 spiro atoms. The maximum absolute atomic E-state index is 13.1. The minimum atomic E-state index is -3.77. The van der Waals surface area contributed by atoms with E-state index in [1.807, 2.05) is 4.90 Å². The van der Waals surface area contributed by atoms with Crippen molar-refractivity contribution in [3.8, 4) is 0 Å². The lowest BCUT2D eigenvalue weighted by Crippen LogP contribution is -2.50. The summed E-state index contributed by atoms with van der Waals surface area (Å²) in [6.07, 6.45) is 4.21. The van der Waals surface area contributed by atoms with Crippen molar-refractivity contribution in [3.05, 3.63) is 28.3 Å². The Morgan fingerprint density at radius 3 is 2.19 bits per heavy atom. The van der Waals surface area contributed by atoms with Crippen LogP contribution in [0.5, 0.6) is 0 Å². The zero-order valence-electron chi connectivity index (χ0n) is 18.1. The highest BCUT2D eigenvalue weighted by molar-refractivity contribution is 7.91. The quantitative estimate of drug-likeness (QED) is 0.453. The number of anilines is 1. The van der Waals surface area contributed by atoms with Crippen molar-refractivity contribution in [2.75, 3.05) is 55.7 Å². The van der Waals surface area contributed by atoms with E-state index in [-0.39, 0.29) is 28.1 Å². The van der Waals surface area contributed by atoms with Gasteiger partial charge in [-0.1, -0.05) is 12.8 Å². The number of rotatable bonds is 5. The van der Waals surface area contributed by atoms with Crippen LogP contribution in [0.15, 0.2) is 23.1 Å². The van der Waals surface area contributed by atoms with Gasteiger partial charge in [0.05, 0.1) is 21.3 Å². The van der Waals surface area contributed by atoms with Gasteiger partial charge in [-0.25, -0.2) is 16.8 Å². The molecule has 1 aromatic carbocycles. The Bertz CT molecular complexity index is 1060. The Morgan fingerprint density at radius 1 is 0.969 bits per heavy atom. The smallest absolute Gasteiger partial charge is 0.293 e. The second-order valence-corrected chi connectivity index (χ2v) is 13.0. The molecule has 0 aromatic heterocycles. The molecule has 1 aromatic rings. The fourth-order valence-electron chi connectivity index (χ4n) is 4.90. The highest BCUT2D eigenvalue weighted by atomic mass is 32.2. The highest BCUT2D eigenvalue weighted by Gasteiger charge is 2.35. The molecule has 0 saturated carbocycles. The van der Waals surface area contributed by atoms with E-state index in [9.17, 15) is 26.9 Å². The number of nitrogens with zero attached hydrogens (tertiary/aromatic N) is 4. The zero-order chi connectivity index (χ0) is 22.9. The summed E-state index contributed by atoms with van der Waals surface area (Å²) in [4.78, 5) is 15.3. The van der Waals surface area contributed by atoms with Crippen LogP contribution in [0.1, 0.15) is 32.1 Å². The Kier molecular flexibility index (Phi) is 6.76. The van der Waals surface area contributed by atoms with Crippen LogP contribution in [0.3, 0.4) is 0 Å². The van der Waals surface area contributed by atoms with E-state index < -0.39 is 24.8 Å². The third kappa shape index (κ3) is 4.92. The molecule has 3 aliphatic heterocycles. The first-order valence-corrected chi connectivity index (χ1v) is 14.4. The first-order valence-electron chi connectivity index (χ1n) is 11.2. The third-order valence-corrected chi connectivity index (χ3v) is 10.4. The van der Waals surface area contributed by atoms with Gasteiger partial charge >= 0.3 is 0 Å². The Labute approximate surface area is 189 Å². The first-order chi connectivity index (χ1) is 15.2. The normalized spacial score (nSPS) is 25.5. The van der Waals surface area contributed by atoms with Crippen LogP contribution in [-0.4, -0.2) is 87.8 Å². The molecule has 178 valence electrons. The molecule has 0 amide bonds. The fraction of sp³-hybridized carbons (Fsp3) is 0.700. The summed E-state index contributed by atoms with van der Waals surface area (Å²) < 4.78 is 51.1. The maximum atomic E-state index is 13.1. The summed E-state index contributed by atoms with van der Waals surface area (Å²) in [5.74, 6) is 0.395. The molecule has 3 fully saturated rings. The Morgan fingerprint density at radius 2 is 1.62 bits per heavy atom. The number of sulfonamides is 1. The standard InChI is InChI=1S/C20H30N4O6S2/c25-24(26)20-15-18(32(29,30)23-8-3-1-2-4-9-23)5-6-19(20)22-12-10-21(11-13-22)17-7-14-31(27,28)16-17/h5-6,15,17H,1-4,7-14,16H2/t17-/m0/s1. The van der Waals surface area contributed by atoms with Gasteiger partial charge in [0.1, 0.15) is 5.69 Å². The molecule has 3 heterocycles. The van der Waals surface area contributed by atoms with E-state index in [0.717, 1.165) is 25.7 Å². The van der Waals surface area contributed by atoms with E-state index >= 15 is 0 Å². The van der Waals surface area contributed by atoms with Crippen LogP contribution in [0.4, 0.5) is 11.4 Å². The molecule has 0 bridgehead atoms. The largest absolute Gasteiger partial charge is 0.363 e. The predicted molar refractivity (Wildman–Crippen MR) is 121 cm³/mol. The average molecular weight is 487 g/mol. The predicted octanol–water partition coefficient (Wildman–Crippen LogP) is 1.47. The number of nitro groups is 1. The number of piperazine rings is 1. The van der Waals surface area contributed by atoms with E-state index in [1.54, 1.807) is 6.07 Å². The third-order valence-electron chi connectivity index (χ3n) is 6.73. The van der Waals surface area contributed by atoms with Gasteiger partial charge in [0.15, 0.2) is 9.84 Å². The molecule has 32 heavy (non-hydrogen) atoms. The van der Waals surface area contributed by atoms with Crippen molar-refractivity contribution in [2.24, 2.45) is 0 Å². The summed E-state index contributed by atoms with van der Waals surface area (Å²) in [5.41, 5.74) is 0.196. The zero-order valence-corrected chi connectivity index (χ0v) is 19.7. The molecule has 0 N–H and O–H groups in total. The number of hydrogen-bond acceptors (Lipinski definition) is 8. The molecule has 3 aliphatic rings. The van der Waals surface area contributed by atoms with Gasteiger partial charge < -0.3 is 4.90 Å². The van der Waals surface area contributed by atoms with Gasteiger partial charge in [-0.2, -0.15) is 4.31 Å². The average Bonchev–Trinajstić information content (AvgIpc) is 2.95. The van der Waals surface area contributed by atoms with Crippen LogP contribution in [-0.2, 0) is 19.9 Å². The minimum absolute atomic E-state index is 0.0123. The molecule has 10 nitrogen and oxygen atoms in total. The van der Waals surface area contributed by atoms with Crippen molar-refractivity contribution in [1.29, 1.82) is 0 Å². The van der Waals surface area contributed by atoms with Crippen molar-refractivity contribution in [2.45, 2.75) is 43.0 Å². The van der Waals surface area contributed by atoms with E-state index in [2.05, 4.69) is 4.90 Å². The molecule has 12 heteroatoms. The monoisotopic (exact) mass is 486 g/mol. The summed E-state index contributed by atoms with van der Waals surface area (Å²) in [6, 6.07) is 4.21. The van der Waals surface area contributed by atoms with Crippen molar-refractivity contribution in [1.82, 2.24) is 9.21 Å². The molecule has 4 rings (SSSR count). The number of nitro benzene ring substituents is 1. The summed E-state index contributed by atoms with van der Waals surface area (Å²) >= 11 is 0. The fourth-order valence-corrected chi connectivity index (χ4v) is 8.20. The second-order valence-electron chi connectivity index (χ2n) is 8.81. The Balaban J connectivity index is 1.51. The van der Waals surface area contributed by atoms with E-state index in [4.69, 9.17) is 0 Å². The van der Waals surface area contributed by atoms with E-state index in [1.165, 1.54) is 16.4 Å². The number of sulfone groups is 1. The number of hydrogen-bond donors (Lipinski definition) is 0. The lowest BCUT2D eigenvalue weighted by Gasteiger charge is -2.38. The summed E-state index contributed by atoms with van der Waals surface area (Å²) in [5, 5.41) is 11.8. The van der Waals surface area contributed by atoms with Crippen molar-refractivity contribution in [3.63, 3.8) is 0 Å². The Hall–Kier alpha value is -1.76. The van der Waals surface area contributed by atoms with Crippen molar-refractivity contribution < 1.29 is 21.8 Å². The van der Waals surface area contributed by atoms with Crippen LogP contribution >= 0.6 is 0 Å². The molecular formula is C20H30N4O6S2. The molecule has 0 unspecified atom stereocenters. The number of benzene rings is 1. The van der Waals surface area contributed by atoms with Crippen LogP contribution < -0.4 is 4.90 Å². The molecular weight excluding hydrogens is 456 g/mol. The summed E-state index contributed by atoms with van der Waals surface area (Å²) in [7, 11) is -6.74. The van der Waals surface area contributed by atoms with Gasteiger partial charge in [-0.15, -0.1) is 0 Å². The minimum Gasteiger partial charge on any atom is -0.363 e. The van der Waals surface area contributed by atoms with Gasteiger partial charge in [0.25, 0.3) is 5.69 Å². The van der Waals surface area contributed by atoms with Gasteiger partial charge in [0, 0.05) is 51.4 Å². The maximum Gasteiger partial charge on any atom is 0.293 e. The van der Waals surface area contributed by atoms with Gasteiger partial charge in [-0.05, 0) is 31.4 Å². The lowest BCUT2D eigenvalue weighted by molar-refractivity contribution is -0.384. The second kappa shape index (κ2) is 9.24. The summed E-state index contributed by atoms with van der Waals surface area (Å²) in [6.45, 7) is 3.16. The topological polar surface area (TPSA) is 121 Å². The van der Waals surface area contributed by atoms with Crippen LogP contribution in [0.25, 0.3) is 0 Å². The molecule has 0 radical (unpaired) electrons. The van der Waals surface area contributed by atoms with Crippen LogP contribution in [0.2, 0.25) is 0 Å².